The van der Waals surface area contributed by atoms with Gasteiger partial charge in [0.1, 0.15) is 0 Å². The normalized spacial score (nSPS) is 23.6. The third-order valence-electron chi connectivity index (χ3n) is 2.91. The van der Waals surface area contributed by atoms with Crippen molar-refractivity contribution in [2.45, 2.75) is 23.5 Å². The summed E-state index contributed by atoms with van der Waals surface area (Å²) in [5.41, 5.74) is 0. The van der Waals surface area contributed by atoms with Crippen LogP contribution < -0.4 is 10.6 Å². The highest BCUT2D eigenvalue weighted by Gasteiger charge is 2.23. The highest BCUT2D eigenvalue weighted by molar-refractivity contribution is 8.00. The Morgan fingerprint density at radius 1 is 1.44 bits per heavy atom. The van der Waals surface area contributed by atoms with E-state index in [1.165, 1.54) is 11.8 Å². The van der Waals surface area contributed by atoms with Crippen LogP contribution in [0.5, 0.6) is 0 Å². The summed E-state index contributed by atoms with van der Waals surface area (Å²) < 4.78 is 0. The van der Waals surface area contributed by atoms with Gasteiger partial charge in [0.15, 0.2) is 0 Å². The summed E-state index contributed by atoms with van der Waals surface area (Å²) in [7, 11) is 0. The summed E-state index contributed by atoms with van der Waals surface area (Å²) in [6.45, 7) is 1.45. The lowest BCUT2D eigenvalue weighted by atomic mass is 10.0. The third-order valence-corrected chi connectivity index (χ3v) is 3.92. The Hall–Kier alpha value is -1.04. The van der Waals surface area contributed by atoms with Crippen molar-refractivity contribution < 1.29 is 9.90 Å². The van der Waals surface area contributed by atoms with Crippen molar-refractivity contribution in [1.82, 2.24) is 10.6 Å². The van der Waals surface area contributed by atoms with Crippen molar-refractivity contribution >= 4 is 17.7 Å². The van der Waals surface area contributed by atoms with E-state index in [9.17, 15) is 9.90 Å². The van der Waals surface area contributed by atoms with Gasteiger partial charge in [0.2, 0.25) is 5.91 Å². The van der Waals surface area contributed by atoms with E-state index in [4.69, 9.17) is 0 Å². The summed E-state index contributed by atoms with van der Waals surface area (Å²) in [6.07, 6.45) is 0.258. The van der Waals surface area contributed by atoms with Crippen LogP contribution in [0, 0.1) is 0 Å². The van der Waals surface area contributed by atoms with Crippen molar-refractivity contribution in [3.63, 3.8) is 0 Å². The van der Waals surface area contributed by atoms with Crippen molar-refractivity contribution in [1.29, 1.82) is 0 Å². The number of amides is 1. The van der Waals surface area contributed by atoms with E-state index in [-0.39, 0.29) is 11.9 Å². The average Bonchev–Trinajstić information content (AvgIpc) is 2.40. The molecular weight excluding hydrogens is 248 g/mol. The van der Waals surface area contributed by atoms with Crippen molar-refractivity contribution in [3.8, 4) is 0 Å². The molecular formula is C13H18N2O2S. The number of aliphatic hydroxyl groups is 1. The van der Waals surface area contributed by atoms with Crippen molar-refractivity contribution in [2.24, 2.45) is 0 Å². The quantitative estimate of drug-likeness (QED) is 0.699. The van der Waals surface area contributed by atoms with E-state index in [2.05, 4.69) is 10.6 Å². The van der Waals surface area contributed by atoms with Gasteiger partial charge in [0.25, 0.3) is 0 Å². The number of carbonyl (C=O) groups is 1. The Morgan fingerprint density at radius 3 is 2.94 bits per heavy atom. The van der Waals surface area contributed by atoms with Crippen molar-refractivity contribution in [3.05, 3.63) is 30.3 Å². The smallest absolute Gasteiger partial charge is 0.230 e. The number of rotatable bonds is 4. The molecule has 1 saturated heterocycles. The fourth-order valence-electron chi connectivity index (χ4n) is 1.91. The predicted molar refractivity (Wildman–Crippen MR) is 72.6 cm³/mol. The number of hydrogen-bond donors (Lipinski definition) is 3. The number of benzene rings is 1. The lowest BCUT2D eigenvalue weighted by molar-refractivity contribution is -0.120. The maximum Gasteiger partial charge on any atom is 0.230 e. The maximum atomic E-state index is 11.8. The van der Waals surface area contributed by atoms with Gasteiger partial charge in [-0.05, 0) is 25.1 Å². The Bertz CT molecular complexity index is 386. The molecule has 0 saturated carbocycles. The second-order valence-electron chi connectivity index (χ2n) is 4.34. The number of nitrogens with one attached hydrogen (secondary N) is 2. The zero-order valence-electron chi connectivity index (χ0n) is 10.1. The molecule has 2 atom stereocenters. The maximum absolute atomic E-state index is 11.8. The lowest BCUT2D eigenvalue weighted by Crippen LogP contribution is -2.54. The monoisotopic (exact) mass is 266 g/mol. The molecule has 1 heterocycles. The van der Waals surface area contributed by atoms with E-state index in [0.29, 0.717) is 18.7 Å². The molecule has 98 valence electrons. The second-order valence-corrected chi connectivity index (χ2v) is 5.38. The zero-order chi connectivity index (χ0) is 12.8. The Kier molecular flexibility index (Phi) is 5.04. The molecule has 0 radical (unpaired) electrons. The van der Waals surface area contributed by atoms with Crippen LogP contribution in [0.15, 0.2) is 35.2 Å². The van der Waals surface area contributed by atoms with E-state index >= 15 is 0 Å². The Labute approximate surface area is 111 Å². The van der Waals surface area contributed by atoms with Gasteiger partial charge in [-0.15, -0.1) is 11.8 Å². The topological polar surface area (TPSA) is 61.4 Å². The highest BCUT2D eigenvalue weighted by atomic mass is 32.2. The van der Waals surface area contributed by atoms with E-state index in [1.54, 1.807) is 0 Å². The van der Waals surface area contributed by atoms with Gasteiger partial charge in [-0.25, -0.2) is 0 Å². The minimum atomic E-state index is -0.433. The van der Waals surface area contributed by atoms with Crippen LogP contribution in [0.3, 0.4) is 0 Å². The van der Waals surface area contributed by atoms with Crippen LogP contribution >= 0.6 is 11.8 Å². The first-order valence-electron chi connectivity index (χ1n) is 6.11. The average molecular weight is 266 g/mol. The number of hydrogen-bond acceptors (Lipinski definition) is 4. The third kappa shape index (κ3) is 4.01. The molecule has 18 heavy (non-hydrogen) atoms. The number of thioether (sulfide) groups is 1. The van der Waals surface area contributed by atoms with E-state index < -0.39 is 6.10 Å². The molecule has 1 aromatic carbocycles. The number of carbonyl (C=O) groups excluding carboxylic acids is 1. The molecule has 1 fully saturated rings. The highest BCUT2D eigenvalue weighted by Crippen LogP contribution is 2.16. The molecule has 0 spiro atoms. The van der Waals surface area contributed by atoms with Crippen LogP contribution in [-0.2, 0) is 4.79 Å². The molecule has 5 heteroatoms. The fourth-order valence-corrected chi connectivity index (χ4v) is 2.64. The SMILES string of the molecule is O=C(CSc1ccccc1)NC1CNCCC1O. The number of piperidine rings is 1. The van der Waals surface area contributed by atoms with Gasteiger partial charge in [0, 0.05) is 11.4 Å². The van der Waals surface area contributed by atoms with E-state index in [1.807, 2.05) is 30.3 Å². The van der Waals surface area contributed by atoms with Crippen LogP contribution in [-0.4, -0.2) is 42.0 Å². The van der Waals surface area contributed by atoms with Gasteiger partial charge in [-0.2, -0.15) is 0 Å². The first kappa shape index (κ1) is 13.4. The standard InChI is InChI=1S/C13H18N2O2S/c16-12-6-7-14-8-11(12)15-13(17)9-18-10-4-2-1-3-5-10/h1-5,11-12,14,16H,6-9H2,(H,15,17). The summed E-state index contributed by atoms with van der Waals surface area (Å²) >= 11 is 1.50. The molecule has 0 aromatic heterocycles. The molecule has 1 aliphatic rings. The summed E-state index contributed by atoms with van der Waals surface area (Å²) in [4.78, 5) is 12.8. The largest absolute Gasteiger partial charge is 0.391 e. The molecule has 1 aliphatic heterocycles. The van der Waals surface area contributed by atoms with Gasteiger partial charge in [-0.3, -0.25) is 4.79 Å². The fraction of sp³-hybridized carbons (Fsp3) is 0.462. The predicted octanol–water partition coefficient (Wildman–Crippen LogP) is 0.618. The summed E-state index contributed by atoms with van der Waals surface area (Å²) in [5.74, 6) is 0.351. The summed E-state index contributed by atoms with van der Waals surface area (Å²) in [6, 6.07) is 9.66. The van der Waals surface area contributed by atoms with Gasteiger partial charge in [0.05, 0.1) is 17.9 Å². The molecule has 1 amide bonds. The van der Waals surface area contributed by atoms with Crippen LogP contribution in [0.25, 0.3) is 0 Å². The van der Waals surface area contributed by atoms with Gasteiger partial charge >= 0.3 is 0 Å². The zero-order valence-corrected chi connectivity index (χ0v) is 11.0. The molecule has 3 N–H and O–H groups in total. The van der Waals surface area contributed by atoms with Gasteiger partial charge in [-0.1, -0.05) is 18.2 Å². The molecule has 2 unspecified atom stereocenters. The first-order chi connectivity index (χ1) is 8.75. The minimum Gasteiger partial charge on any atom is -0.391 e. The lowest BCUT2D eigenvalue weighted by Gasteiger charge is -2.29. The Morgan fingerprint density at radius 2 is 2.22 bits per heavy atom. The first-order valence-corrected chi connectivity index (χ1v) is 7.10. The summed E-state index contributed by atoms with van der Waals surface area (Å²) in [5, 5.41) is 15.8. The molecule has 0 aliphatic carbocycles. The van der Waals surface area contributed by atoms with Crippen LogP contribution in [0.2, 0.25) is 0 Å². The van der Waals surface area contributed by atoms with Crippen LogP contribution in [0.1, 0.15) is 6.42 Å². The number of aliphatic hydroxyl groups excluding tert-OH is 1. The van der Waals surface area contributed by atoms with E-state index in [0.717, 1.165) is 11.4 Å². The van der Waals surface area contributed by atoms with Crippen molar-refractivity contribution in [2.75, 3.05) is 18.8 Å². The van der Waals surface area contributed by atoms with Crippen LogP contribution in [0.4, 0.5) is 0 Å². The molecule has 4 nitrogen and oxygen atoms in total. The molecule has 0 bridgehead atoms. The molecule has 2 rings (SSSR count). The minimum absolute atomic E-state index is 0.0309. The second kappa shape index (κ2) is 6.78. The van der Waals surface area contributed by atoms with Gasteiger partial charge < -0.3 is 15.7 Å². The Balaban J connectivity index is 1.75. The molecule has 1 aromatic rings.